The normalized spacial score (nSPS) is 6.00. The van der Waals surface area contributed by atoms with Crippen molar-refractivity contribution in [1.29, 1.82) is 0 Å². The molecule has 0 amide bonds. The van der Waals surface area contributed by atoms with Gasteiger partial charge in [0.2, 0.25) is 0 Å². The Hall–Kier alpha value is 0.686. The third-order valence-corrected chi connectivity index (χ3v) is 0.167. The molecule has 0 aromatic carbocycles. The highest BCUT2D eigenvalue weighted by molar-refractivity contribution is 5.75. The molecular weight excluding hydrogens is 76.3 g/mol. The van der Waals surface area contributed by atoms with Crippen LogP contribution in [0.1, 0.15) is 0 Å². The molecule has 3 heteroatoms. The van der Waals surface area contributed by atoms with Gasteiger partial charge in [-0.3, -0.25) is 0 Å². The van der Waals surface area contributed by atoms with Crippen molar-refractivity contribution in [3.05, 3.63) is 0 Å². The minimum atomic E-state index is 0. The Morgan fingerprint density at radius 1 is 1.00 bits per heavy atom. The quantitative estimate of drug-likeness (QED) is 0.362. The van der Waals surface area contributed by atoms with Crippen LogP contribution in [0.2, 0.25) is 0 Å². The molecule has 0 radical (unpaired) electrons. The summed E-state index contributed by atoms with van der Waals surface area (Å²) >= 11 is 0. The second-order valence-electron chi connectivity index (χ2n) is 0.577. The third kappa shape index (κ3) is 11.9. The molecule has 0 aliphatic carbocycles. The van der Waals surface area contributed by atoms with Crippen molar-refractivity contribution in [2.45, 2.75) is 0 Å². The molecule has 0 spiro atoms. The molecule has 2 nitrogen and oxygen atoms in total. The number of hydrogen-bond donors (Lipinski definition) is 2. The van der Waals surface area contributed by atoms with Crippen LogP contribution in [0.25, 0.3) is 0 Å². The van der Waals surface area contributed by atoms with Gasteiger partial charge in [0.1, 0.15) is 0 Å². The zero-order valence-electron chi connectivity index (χ0n) is 2.57. The van der Waals surface area contributed by atoms with E-state index >= 15 is 0 Å². The fraction of sp³-hybridized carbons (Fsp3) is 1.00. The fourth-order valence-corrected chi connectivity index (χ4v) is 0. The SMILES string of the molecule is NCCN.[MgH2]. The van der Waals surface area contributed by atoms with Crippen LogP contribution < -0.4 is 11.5 Å². The minimum Gasteiger partial charge on any atom is -0.329 e. The van der Waals surface area contributed by atoms with E-state index in [0.29, 0.717) is 13.1 Å². The highest BCUT2D eigenvalue weighted by Crippen LogP contribution is 1.24. The highest BCUT2D eigenvalue weighted by atomic mass is 24.3. The van der Waals surface area contributed by atoms with Crippen molar-refractivity contribution in [1.82, 2.24) is 0 Å². The number of rotatable bonds is 1. The predicted octanol–water partition coefficient (Wildman–Crippen LogP) is -2.01. The van der Waals surface area contributed by atoms with Crippen molar-refractivity contribution in [2.75, 3.05) is 13.1 Å². The van der Waals surface area contributed by atoms with Gasteiger partial charge in [-0.15, -0.1) is 0 Å². The molecule has 0 saturated carbocycles. The van der Waals surface area contributed by atoms with Gasteiger partial charge in [-0.2, -0.15) is 0 Å². The summed E-state index contributed by atoms with van der Waals surface area (Å²) in [6.45, 7) is 1.19. The molecule has 0 unspecified atom stereocenters. The van der Waals surface area contributed by atoms with Crippen LogP contribution in [-0.4, -0.2) is 36.1 Å². The predicted molar refractivity (Wildman–Crippen MR) is 26.7 cm³/mol. The van der Waals surface area contributed by atoms with Crippen LogP contribution in [0.4, 0.5) is 0 Å². The average Bonchev–Trinajstić information content (AvgIpc) is 1.37. The summed E-state index contributed by atoms with van der Waals surface area (Å²) in [6, 6.07) is 0. The largest absolute Gasteiger partial charge is 0.329 e. The van der Waals surface area contributed by atoms with E-state index in [0.717, 1.165) is 0 Å². The van der Waals surface area contributed by atoms with Gasteiger partial charge in [-0.05, 0) is 0 Å². The Balaban J connectivity index is 0. The maximum atomic E-state index is 4.90. The third-order valence-electron chi connectivity index (χ3n) is 0.167. The van der Waals surface area contributed by atoms with Gasteiger partial charge in [0, 0.05) is 13.1 Å². The van der Waals surface area contributed by atoms with Gasteiger partial charge in [0.25, 0.3) is 0 Å². The monoisotopic (exact) mass is 86.1 g/mol. The Bertz CT molecular complexity index is 9.61. The summed E-state index contributed by atoms with van der Waals surface area (Å²) in [5.74, 6) is 0. The molecule has 0 bridgehead atoms. The molecule has 0 fully saturated rings. The zero-order valence-corrected chi connectivity index (χ0v) is 2.57. The lowest BCUT2D eigenvalue weighted by molar-refractivity contribution is 0.976. The Labute approximate surface area is 48.1 Å². The lowest BCUT2D eigenvalue weighted by Gasteiger charge is -1.72. The molecule has 30 valence electrons. The van der Waals surface area contributed by atoms with Crippen molar-refractivity contribution in [3.8, 4) is 0 Å². The molecule has 0 rings (SSSR count). The lowest BCUT2D eigenvalue weighted by Crippen LogP contribution is -2.11. The van der Waals surface area contributed by atoms with E-state index in [1.807, 2.05) is 0 Å². The van der Waals surface area contributed by atoms with Crippen LogP contribution in [0.3, 0.4) is 0 Å². The number of nitrogens with two attached hydrogens (primary N) is 2. The first kappa shape index (κ1) is 9.19. The van der Waals surface area contributed by atoms with Crippen LogP contribution >= 0.6 is 0 Å². The van der Waals surface area contributed by atoms with E-state index in [1.54, 1.807) is 0 Å². The molecule has 4 N–H and O–H groups in total. The first-order chi connectivity index (χ1) is 1.91. The first-order valence-corrected chi connectivity index (χ1v) is 1.32. The molecule has 0 aromatic heterocycles. The molecule has 0 saturated heterocycles. The minimum absolute atomic E-state index is 0. The topological polar surface area (TPSA) is 52.0 Å². The molecule has 0 aliphatic heterocycles. The zero-order chi connectivity index (χ0) is 3.41. The summed E-state index contributed by atoms with van der Waals surface area (Å²) in [5.41, 5.74) is 9.81. The highest BCUT2D eigenvalue weighted by Gasteiger charge is 1.54. The van der Waals surface area contributed by atoms with E-state index < -0.39 is 0 Å². The van der Waals surface area contributed by atoms with Crippen LogP contribution in [0.5, 0.6) is 0 Å². The molecule has 5 heavy (non-hydrogen) atoms. The standard InChI is InChI=1S/C2H8N2.Mg.2H/c3-1-2-4;;;/h1-4H2;;;. The maximum Gasteiger partial charge on any atom is 0.316 e. The van der Waals surface area contributed by atoms with E-state index in [2.05, 4.69) is 0 Å². The fourth-order valence-electron chi connectivity index (χ4n) is 0. The van der Waals surface area contributed by atoms with Gasteiger partial charge >= 0.3 is 23.1 Å². The Kier molecular flexibility index (Phi) is 16.2. The van der Waals surface area contributed by atoms with Crippen molar-refractivity contribution in [2.24, 2.45) is 11.5 Å². The first-order valence-electron chi connectivity index (χ1n) is 1.32. The average molecular weight is 86.4 g/mol. The summed E-state index contributed by atoms with van der Waals surface area (Å²) in [6.07, 6.45) is 0. The summed E-state index contributed by atoms with van der Waals surface area (Å²) in [7, 11) is 0. The van der Waals surface area contributed by atoms with Crippen molar-refractivity contribution in [3.63, 3.8) is 0 Å². The smallest absolute Gasteiger partial charge is 0.316 e. The van der Waals surface area contributed by atoms with E-state index in [-0.39, 0.29) is 23.1 Å². The second kappa shape index (κ2) is 8.82. The molecule has 0 atom stereocenters. The molecule has 0 aliphatic rings. The van der Waals surface area contributed by atoms with Crippen molar-refractivity contribution < 1.29 is 0 Å². The van der Waals surface area contributed by atoms with E-state index in [1.165, 1.54) is 0 Å². The lowest BCUT2D eigenvalue weighted by atomic mass is 10.7. The van der Waals surface area contributed by atoms with Crippen LogP contribution in [0, 0.1) is 0 Å². The Morgan fingerprint density at radius 2 is 1.20 bits per heavy atom. The van der Waals surface area contributed by atoms with Gasteiger partial charge in [-0.25, -0.2) is 0 Å². The molecule has 0 aromatic rings. The Morgan fingerprint density at radius 3 is 1.20 bits per heavy atom. The van der Waals surface area contributed by atoms with Crippen LogP contribution in [0.15, 0.2) is 0 Å². The summed E-state index contributed by atoms with van der Waals surface area (Å²) in [5, 5.41) is 0. The molecule has 0 heterocycles. The van der Waals surface area contributed by atoms with Crippen molar-refractivity contribution >= 4 is 23.1 Å². The second-order valence-corrected chi connectivity index (χ2v) is 0.577. The summed E-state index contributed by atoms with van der Waals surface area (Å²) in [4.78, 5) is 0. The van der Waals surface area contributed by atoms with Gasteiger partial charge in [-0.1, -0.05) is 0 Å². The molecular formula is C2H10MgN2. The summed E-state index contributed by atoms with van der Waals surface area (Å²) < 4.78 is 0. The van der Waals surface area contributed by atoms with Gasteiger partial charge in [0.05, 0.1) is 0 Å². The maximum absolute atomic E-state index is 4.90. The van der Waals surface area contributed by atoms with Gasteiger partial charge in [0.15, 0.2) is 0 Å². The van der Waals surface area contributed by atoms with Crippen LogP contribution in [-0.2, 0) is 0 Å². The number of hydrogen-bond acceptors (Lipinski definition) is 2. The van der Waals surface area contributed by atoms with Gasteiger partial charge < -0.3 is 11.5 Å². The van der Waals surface area contributed by atoms with E-state index in [9.17, 15) is 0 Å². The van der Waals surface area contributed by atoms with E-state index in [4.69, 9.17) is 11.5 Å².